The summed E-state index contributed by atoms with van der Waals surface area (Å²) < 4.78 is 5.30. The van der Waals surface area contributed by atoms with Gasteiger partial charge in [0.2, 0.25) is 6.41 Å². The van der Waals surface area contributed by atoms with Crippen molar-refractivity contribution in [2.75, 3.05) is 18.6 Å². The third kappa shape index (κ3) is 3.98. The number of fused-ring (bicyclic) bond motifs is 1. The van der Waals surface area contributed by atoms with Crippen molar-refractivity contribution < 1.29 is 19.4 Å². The smallest absolute Gasteiger partial charge is 0.253 e. The topological polar surface area (TPSA) is 70.1 Å². The van der Waals surface area contributed by atoms with E-state index in [0.29, 0.717) is 42.4 Å². The molecule has 0 bridgehead atoms. The van der Waals surface area contributed by atoms with Gasteiger partial charge in [-0.2, -0.15) is 0 Å². The fourth-order valence-corrected chi connectivity index (χ4v) is 3.67. The lowest BCUT2D eigenvalue weighted by molar-refractivity contribution is -0.142. The largest absolute Gasteiger partial charge is 0.495 e. The minimum atomic E-state index is -1.36. The zero-order valence-corrected chi connectivity index (χ0v) is 16.6. The van der Waals surface area contributed by atoms with E-state index in [-0.39, 0.29) is 0 Å². The van der Waals surface area contributed by atoms with Crippen LogP contribution in [0.2, 0.25) is 5.02 Å². The van der Waals surface area contributed by atoms with Gasteiger partial charge in [-0.25, -0.2) is 0 Å². The molecule has 0 aromatic heterocycles. The predicted molar refractivity (Wildman–Crippen MR) is 108 cm³/mol. The van der Waals surface area contributed by atoms with Gasteiger partial charge >= 0.3 is 0 Å². The minimum absolute atomic E-state index is 0.383. The lowest BCUT2D eigenvalue weighted by Crippen LogP contribution is -2.51. The van der Waals surface area contributed by atoms with E-state index in [9.17, 15) is 14.7 Å². The Balaban J connectivity index is 1.77. The maximum atomic E-state index is 12.9. The van der Waals surface area contributed by atoms with Crippen molar-refractivity contribution in [2.45, 2.75) is 32.0 Å². The van der Waals surface area contributed by atoms with E-state index < -0.39 is 18.1 Å². The summed E-state index contributed by atoms with van der Waals surface area (Å²) in [6.07, 6.45) is -0.0658. The highest BCUT2D eigenvalue weighted by Gasteiger charge is 2.33. The Bertz CT molecular complexity index is 873. The zero-order chi connectivity index (χ0) is 20.3. The van der Waals surface area contributed by atoms with Gasteiger partial charge in [0.25, 0.3) is 5.91 Å². The molecular weight excluding hydrogens is 380 g/mol. The highest BCUT2D eigenvalue weighted by molar-refractivity contribution is 6.30. The molecule has 2 aromatic rings. The fourth-order valence-electron chi connectivity index (χ4n) is 3.47. The van der Waals surface area contributed by atoms with Gasteiger partial charge in [-0.15, -0.1) is 0 Å². The molecule has 0 saturated heterocycles. The first kappa shape index (κ1) is 20.2. The summed E-state index contributed by atoms with van der Waals surface area (Å²) in [6, 6.07) is 11.9. The molecule has 0 saturated carbocycles. The molecule has 1 aliphatic rings. The number of rotatable bonds is 6. The number of hydrogen-bond donors (Lipinski definition) is 1. The molecule has 1 heterocycles. The number of aliphatic hydroxyl groups excluding tert-OH is 1. The second-order valence-corrected chi connectivity index (χ2v) is 7.23. The summed E-state index contributed by atoms with van der Waals surface area (Å²) in [5.41, 5.74) is 2.62. The normalized spacial score (nSPS) is 15.4. The predicted octanol–water partition coefficient (Wildman–Crippen LogP) is 2.65. The highest BCUT2D eigenvalue weighted by Crippen LogP contribution is 2.29. The number of methoxy groups -OCH3 is 1. The number of amides is 2. The first-order chi connectivity index (χ1) is 13.5. The van der Waals surface area contributed by atoms with E-state index in [0.717, 1.165) is 11.1 Å². The molecule has 0 spiro atoms. The van der Waals surface area contributed by atoms with Crippen LogP contribution < -0.4 is 9.64 Å². The minimum Gasteiger partial charge on any atom is -0.495 e. The number of carbonyl (C=O) groups excluding carboxylic acids is 2. The van der Waals surface area contributed by atoms with Crippen LogP contribution in [0.3, 0.4) is 0 Å². The fraction of sp³-hybridized carbons (Fsp3) is 0.333. The number of hydrogen-bond acceptors (Lipinski definition) is 4. The van der Waals surface area contributed by atoms with Crippen molar-refractivity contribution in [3.63, 3.8) is 0 Å². The number of nitrogens with zero attached hydrogens (tertiary/aromatic N) is 2. The Hall–Kier alpha value is -2.57. The van der Waals surface area contributed by atoms with Crippen LogP contribution in [0.5, 0.6) is 5.75 Å². The maximum absolute atomic E-state index is 12.9. The summed E-state index contributed by atoms with van der Waals surface area (Å²) in [4.78, 5) is 27.6. The number of aliphatic hydroxyl groups is 1. The molecule has 0 radical (unpaired) electrons. The van der Waals surface area contributed by atoms with Gasteiger partial charge in [0.1, 0.15) is 5.75 Å². The lowest BCUT2D eigenvalue weighted by Gasteiger charge is -2.34. The number of para-hydroxylation sites is 2. The summed E-state index contributed by atoms with van der Waals surface area (Å²) in [7, 11) is 1.50. The summed E-state index contributed by atoms with van der Waals surface area (Å²) in [5, 5.41) is 11.3. The van der Waals surface area contributed by atoms with Crippen molar-refractivity contribution in [3.05, 3.63) is 58.6 Å². The van der Waals surface area contributed by atoms with Crippen LogP contribution >= 0.6 is 11.6 Å². The van der Waals surface area contributed by atoms with Crippen LogP contribution in [0.1, 0.15) is 18.1 Å². The first-order valence-electron chi connectivity index (χ1n) is 9.07. The molecule has 2 amide bonds. The maximum Gasteiger partial charge on any atom is 0.253 e. The van der Waals surface area contributed by atoms with Crippen molar-refractivity contribution in [3.8, 4) is 5.75 Å². The Morgan fingerprint density at radius 3 is 2.75 bits per heavy atom. The Kier molecular flexibility index (Phi) is 6.21. The summed E-state index contributed by atoms with van der Waals surface area (Å²) >= 11 is 6.06. The first-order valence-corrected chi connectivity index (χ1v) is 9.45. The number of carbonyl (C=O) groups is 2. The second kappa shape index (κ2) is 8.63. The van der Waals surface area contributed by atoms with Gasteiger partial charge in [0.05, 0.1) is 18.8 Å². The van der Waals surface area contributed by atoms with Crippen LogP contribution in [-0.4, -0.2) is 48.1 Å². The molecule has 1 aliphatic heterocycles. The van der Waals surface area contributed by atoms with Gasteiger partial charge in [0, 0.05) is 18.1 Å². The van der Waals surface area contributed by atoms with Crippen LogP contribution in [-0.2, 0) is 22.6 Å². The highest BCUT2D eigenvalue weighted by atomic mass is 35.5. The van der Waals surface area contributed by atoms with Crippen LogP contribution in [0.4, 0.5) is 5.69 Å². The van der Waals surface area contributed by atoms with Crippen molar-refractivity contribution >= 4 is 29.6 Å². The van der Waals surface area contributed by atoms with Gasteiger partial charge in [0.15, 0.2) is 6.10 Å². The number of anilines is 1. The Morgan fingerprint density at radius 1 is 1.29 bits per heavy atom. The lowest BCUT2D eigenvalue weighted by atomic mass is 9.98. The quantitative estimate of drug-likeness (QED) is 0.754. The molecule has 148 valence electrons. The average molecular weight is 403 g/mol. The van der Waals surface area contributed by atoms with E-state index in [1.54, 1.807) is 36.1 Å². The number of ether oxygens (including phenoxy) is 1. The Morgan fingerprint density at radius 2 is 2.04 bits per heavy atom. The summed E-state index contributed by atoms with van der Waals surface area (Å²) in [5.74, 6) is 0.0718. The molecular formula is C21H23ClN2O4. The molecule has 7 heteroatoms. The van der Waals surface area contributed by atoms with Gasteiger partial charge in [-0.3, -0.25) is 9.59 Å². The number of benzene rings is 2. The van der Waals surface area contributed by atoms with Crippen molar-refractivity contribution in [1.29, 1.82) is 0 Å². The van der Waals surface area contributed by atoms with E-state index in [2.05, 4.69) is 0 Å². The molecule has 2 unspecified atom stereocenters. The van der Waals surface area contributed by atoms with Crippen LogP contribution in [0.25, 0.3) is 0 Å². The molecule has 6 nitrogen and oxygen atoms in total. The van der Waals surface area contributed by atoms with E-state index in [1.165, 1.54) is 12.0 Å². The molecule has 1 N–H and O–H groups in total. The molecule has 3 rings (SSSR count). The van der Waals surface area contributed by atoms with Crippen LogP contribution in [0.15, 0.2) is 42.5 Å². The van der Waals surface area contributed by atoms with Gasteiger partial charge in [-0.1, -0.05) is 29.8 Å². The standard InChI is InChI=1S/C21H23ClN2O4/c1-14(24(13-25)18-5-3-4-6-19(18)28-2)20(26)21(27)23-10-9-15-7-8-17(22)11-16(15)12-23/h3-8,11,13-14,20,26H,9-10,12H2,1-2H3. The molecule has 28 heavy (non-hydrogen) atoms. The second-order valence-electron chi connectivity index (χ2n) is 6.79. The van der Waals surface area contributed by atoms with E-state index in [4.69, 9.17) is 16.3 Å². The van der Waals surface area contributed by atoms with E-state index >= 15 is 0 Å². The SMILES string of the molecule is COc1ccccc1N(C=O)C(C)C(O)C(=O)N1CCc2ccc(Cl)cc2C1. The third-order valence-electron chi connectivity index (χ3n) is 5.12. The third-order valence-corrected chi connectivity index (χ3v) is 5.35. The monoisotopic (exact) mass is 402 g/mol. The van der Waals surface area contributed by atoms with Crippen molar-refractivity contribution in [2.24, 2.45) is 0 Å². The number of halogens is 1. The molecule has 2 aromatic carbocycles. The van der Waals surface area contributed by atoms with Crippen molar-refractivity contribution in [1.82, 2.24) is 4.90 Å². The van der Waals surface area contributed by atoms with Gasteiger partial charge < -0.3 is 19.6 Å². The van der Waals surface area contributed by atoms with E-state index in [1.807, 2.05) is 18.2 Å². The van der Waals surface area contributed by atoms with Gasteiger partial charge in [-0.05, 0) is 48.7 Å². The summed E-state index contributed by atoms with van der Waals surface area (Å²) in [6.45, 7) is 2.53. The zero-order valence-electron chi connectivity index (χ0n) is 15.8. The molecule has 2 atom stereocenters. The molecule has 0 fully saturated rings. The van der Waals surface area contributed by atoms with Crippen LogP contribution in [0, 0.1) is 0 Å². The Labute approximate surface area is 169 Å². The average Bonchev–Trinajstić information content (AvgIpc) is 2.72. The molecule has 0 aliphatic carbocycles.